The fourth-order valence-electron chi connectivity index (χ4n) is 5.93. The third-order valence-corrected chi connectivity index (χ3v) is 8.13. The molecule has 1 aromatic rings. The Balaban J connectivity index is 1.63. The van der Waals surface area contributed by atoms with E-state index >= 15 is 0 Å². The Morgan fingerprint density at radius 2 is 1.95 bits per heavy atom. The van der Waals surface area contributed by atoms with Gasteiger partial charge in [-0.3, -0.25) is 9.59 Å². The minimum atomic E-state index is -1.38. The maximum atomic E-state index is 14.0. The molecular formula is C30H46N4O6. The molecular weight excluding hydrogens is 512 g/mol. The van der Waals surface area contributed by atoms with Gasteiger partial charge < -0.3 is 34.2 Å². The Hall–Kier alpha value is -2.85. The van der Waals surface area contributed by atoms with Crippen LogP contribution in [0.5, 0.6) is 5.75 Å². The largest absolute Gasteiger partial charge is 0.472 e. The summed E-state index contributed by atoms with van der Waals surface area (Å²) in [5.41, 5.74) is 0.549. The smallest absolute Gasteiger partial charge is 0.409 e. The van der Waals surface area contributed by atoms with Crippen molar-refractivity contribution in [3.8, 4) is 5.75 Å². The van der Waals surface area contributed by atoms with E-state index in [1.54, 1.807) is 23.8 Å². The highest BCUT2D eigenvalue weighted by molar-refractivity contribution is 6.05. The van der Waals surface area contributed by atoms with E-state index in [2.05, 4.69) is 5.32 Å². The number of unbranched alkanes of at least 4 members (excludes halogenated alkanes) is 1. The van der Waals surface area contributed by atoms with E-state index in [9.17, 15) is 14.4 Å². The van der Waals surface area contributed by atoms with Crippen LogP contribution in [0.2, 0.25) is 0 Å². The molecule has 1 aromatic carbocycles. The molecule has 1 N–H and O–H groups in total. The Kier molecular flexibility index (Phi) is 9.94. The van der Waals surface area contributed by atoms with Crippen LogP contribution in [-0.2, 0) is 14.3 Å². The van der Waals surface area contributed by atoms with Crippen molar-refractivity contribution in [3.05, 3.63) is 23.3 Å². The van der Waals surface area contributed by atoms with E-state index in [-0.39, 0.29) is 30.5 Å². The van der Waals surface area contributed by atoms with E-state index in [1.807, 2.05) is 37.8 Å². The van der Waals surface area contributed by atoms with Crippen molar-refractivity contribution in [1.29, 1.82) is 0 Å². The molecule has 0 aliphatic carbocycles. The summed E-state index contributed by atoms with van der Waals surface area (Å²) >= 11 is 0. The lowest BCUT2D eigenvalue weighted by Crippen LogP contribution is -2.58. The highest BCUT2D eigenvalue weighted by Crippen LogP contribution is 2.41. The van der Waals surface area contributed by atoms with Crippen molar-refractivity contribution in [2.24, 2.45) is 0 Å². The lowest BCUT2D eigenvalue weighted by molar-refractivity contribution is -0.137. The molecule has 0 aromatic heterocycles. The third-order valence-electron chi connectivity index (χ3n) is 8.13. The van der Waals surface area contributed by atoms with Crippen LogP contribution in [0.15, 0.2) is 12.1 Å². The second-order valence-corrected chi connectivity index (χ2v) is 11.7. The van der Waals surface area contributed by atoms with E-state index in [1.165, 1.54) is 0 Å². The average Bonchev–Trinajstić information content (AvgIpc) is 3.47. The lowest BCUT2D eigenvalue weighted by atomic mass is 9.97. The molecule has 3 heterocycles. The topological polar surface area (TPSA) is 101 Å². The molecule has 4 rings (SSSR count). The molecule has 2 atom stereocenters. The van der Waals surface area contributed by atoms with Crippen LogP contribution in [0, 0.1) is 6.92 Å². The van der Waals surface area contributed by atoms with Crippen molar-refractivity contribution in [3.63, 3.8) is 0 Å². The van der Waals surface area contributed by atoms with Gasteiger partial charge in [0.15, 0.2) is 0 Å². The Morgan fingerprint density at radius 1 is 1.20 bits per heavy atom. The minimum absolute atomic E-state index is 0.0319. The fraction of sp³-hybridized carbons (Fsp3) is 0.700. The first-order valence-electron chi connectivity index (χ1n) is 14.8. The van der Waals surface area contributed by atoms with Gasteiger partial charge in [-0.2, -0.15) is 0 Å². The first-order valence-corrected chi connectivity index (χ1v) is 14.8. The molecule has 1 unspecified atom stereocenters. The fourth-order valence-corrected chi connectivity index (χ4v) is 5.93. The van der Waals surface area contributed by atoms with Gasteiger partial charge in [0, 0.05) is 57.5 Å². The summed E-state index contributed by atoms with van der Waals surface area (Å²) < 4.78 is 17.1. The molecule has 2 saturated heterocycles. The number of benzene rings is 1. The summed E-state index contributed by atoms with van der Waals surface area (Å²) in [5, 5.41) is 3.42. The SMILES string of the molecule is COCCCCN1C(=O)C(C)(COC(=O)N2CCCC2)Oc2cc(C)c(C(=O)N(C(C)C)[C@@H]3CCCNC3)cc21. The standard InChI is InChI=1S/C30H46N4O6/c1-21(2)34(23-11-10-12-31-19-23)27(35)24-18-25-26(17-22(24)3)40-30(4,20-39-29(37)32-13-6-7-14-32)28(36)33(25)15-8-9-16-38-5/h17-18,21,23,31H,6-16,19-20H2,1-5H3/t23-,30?/m1/s1. The first-order chi connectivity index (χ1) is 19.2. The van der Waals surface area contributed by atoms with Crippen molar-refractivity contribution in [2.45, 2.75) is 83.9 Å². The quantitative estimate of drug-likeness (QED) is 0.437. The summed E-state index contributed by atoms with van der Waals surface area (Å²) in [6, 6.07) is 3.80. The Morgan fingerprint density at radius 3 is 2.60 bits per heavy atom. The summed E-state index contributed by atoms with van der Waals surface area (Å²) in [6.07, 6.45) is 4.98. The zero-order valence-electron chi connectivity index (χ0n) is 24.8. The molecule has 3 aliphatic rings. The number of piperidine rings is 1. The molecule has 0 bridgehead atoms. The molecule has 3 aliphatic heterocycles. The highest BCUT2D eigenvalue weighted by Gasteiger charge is 2.46. The number of methoxy groups -OCH3 is 1. The molecule has 0 radical (unpaired) electrons. The van der Waals surface area contributed by atoms with Gasteiger partial charge in [-0.05, 0) is 90.5 Å². The van der Waals surface area contributed by atoms with E-state index in [4.69, 9.17) is 14.2 Å². The van der Waals surface area contributed by atoms with Gasteiger partial charge in [-0.1, -0.05) is 0 Å². The van der Waals surface area contributed by atoms with Crippen LogP contribution < -0.4 is 15.0 Å². The minimum Gasteiger partial charge on any atom is -0.472 e. The zero-order chi connectivity index (χ0) is 28.9. The van der Waals surface area contributed by atoms with Crippen LogP contribution in [0.1, 0.15) is 75.2 Å². The average molecular weight is 559 g/mol. The number of hydrogen-bond donors (Lipinski definition) is 1. The van der Waals surface area contributed by atoms with Gasteiger partial charge >= 0.3 is 6.09 Å². The Bertz CT molecular complexity index is 1070. The van der Waals surface area contributed by atoms with Crippen molar-refractivity contribution in [2.75, 3.05) is 57.9 Å². The molecule has 0 saturated carbocycles. The number of amides is 3. The van der Waals surface area contributed by atoms with Gasteiger partial charge in [0.1, 0.15) is 12.4 Å². The van der Waals surface area contributed by atoms with Gasteiger partial charge in [0.2, 0.25) is 5.60 Å². The molecule has 222 valence electrons. The number of rotatable bonds is 10. The number of nitrogens with one attached hydrogen (secondary N) is 1. The van der Waals surface area contributed by atoms with Crippen LogP contribution in [0.25, 0.3) is 0 Å². The van der Waals surface area contributed by atoms with Gasteiger partial charge in [0.25, 0.3) is 11.8 Å². The third kappa shape index (κ3) is 6.54. The number of ether oxygens (including phenoxy) is 3. The predicted molar refractivity (Wildman–Crippen MR) is 153 cm³/mol. The number of carbonyl (C=O) groups excluding carboxylic acids is 3. The summed E-state index contributed by atoms with van der Waals surface area (Å²) in [6.45, 7) is 11.6. The zero-order valence-corrected chi connectivity index (χ0v) is 24.8. The van der Waals surface area contributed by atoms with Crippen LogP contribution in [0.3, 0.4) is 0 Å². The highest BCUT2D eigenvalue weighted by atomic mass is 16.6. The molecule has 10 heteroatoms. The molecule has 40 heavy (non-hydrogen) atoms. The van der Waals surface area contributed by atoms with Crippen molar-refractivity contribution < 1.29 is 28.6 Å². The van der Waals surface area contributed by atoms with Gasteiger partial charge in [-0.15, -0.1) is 0 Å². The van der Waals surface area contributed by atoms with Gasteiger partial charge in [-0.25, -0.2) is 4.79 Å². The summed E-state index contributed by atoms with van der Waals surface area (Å²) in [5.74, 6) is 0.185. The van der Waals surface area contributed by atoms with E-state index < -0.39 is 11.7 Å². The maximum absolute atomic E-state index is 14.0. The number of carbonyl (C=O) groups is 3. The molecule has 2 fully saturated rings. The van der Waals surface area contributed by atoms with Gasteiger partial charge in [0.05, 0.1) is 5.69 Å². The normalized spacial score (nSPS) is 22.8. The lowest BCUT2D eigenvalue weighted by Gasteiger charge is -2.41. The number of fused-ring (bicyclic) bond motifs is 1. The maximum Gasteiger partial charge on any atom is 0.409 e. The number of hydrogen-bond acceptors (Lipinski definition) is 7. The van der Waals surface area contributed by atoms with E-state index in [0.717, 1.165) is 50.8 Å². The molecule has 3 amide bonds. The Labute approximate surface area is 238 Å². The first kappa shape index (κ1) is 30.1. The second-order valence-electron chi connectivity index (χ2n) is 11.7. The second kappa shape index (κ2) is 13.2. The number of aryl methyl sites for hydroxylation is 1. The van der Waals surface area contributed by atoms with Crippen molar-refractivity contribution >= 4 is 23.6 Å². The molecule has 10 nitrogen and oxygen atoms in total. The van der Waals surface area contributed by atoms with Crippen molar-refractivity contribution in [1.82, 2.24) is 15.1 Å². The van der Waals surface area contributed by atoms with Crippen LogP contribution in [0.4, 0.5) is 10.5 Å². The monoisotopic (exact) mass is 558 g/mol. The summed E-state index contributed by atoms with van der Waals surface area (Å²) in [7, 11) is 1.66. The number of likely N-dealkylation sites (tertiary alicyclic amines) is 1. The number of anilines is 1. The number of nitrogens with zero attached hydrogens (tertiary/aromatic N) is 3. The van der Waals surface area contributed by atoms with Crippen LogP contribution in [-0.4, -0.2) is 98.4 Å². The van der Waals surface area contributed by atoms with E-state index in [0.29, 0.717) is 49.7 Å². The van der Waals surface area contributed by atoms with Crippen LogP contribution >= 0.6 is 0 Å². The molecule has 0 spiro atoms. The predicted octanol–water partition coefficient (Wildman–Crippen LogP) is 3.74. The summed E-state index contributed by atoms with van der Waals surface area (Å²) in [4.78, 5) is 45.8.